The Kier molecular flexibility index (Phi) is 1.55. The molecule has 1 nitrogen and oxygen atoms in total. The molecule has 0 aromatic rings. The molecule has 1 unspecified atom stereocenters. The van der Waals surface area contributed by atoms with Gasteiger partial charge in [-0.2, -0.15) is 5.26 Å². The van der Waals surface area contributed by atoms with Crippen molar-refractivity contribution in [2.24, 2.45) is 5.92 Å². The Bertz CT molecular complexity index is 165. The summed E-state index contributed by atoms with van der Waals surface area (Å²) in [7, 11) is 0. The second-order valence-electron chi connectivity index (χ2n) is 1.90. The van der Waals surface area contributed by atoms with Gasteiger partial charge >= 0.3 is 0 Å². The largest absolute Gasteiger partial charge is 0.197 e. The van der Waals surface area contributed by atoms with Crippen molar-refractivity contribution in [2.45, 2.75) is 19.3 Å². The molecule has 0 N–H and O–H groups in total. The molecule has 0 amide bonds. The second kappa shape index (κ2) is 2.38. The fourth-order valence-corrected chi connectivity index (χ4v) is 0.759. The standard InChI is InChI=1S/C7H7N/c8-6-7-4-2-1-3-5-7/h7H,1-2,4H2. The lowest BCUT2D eigenvalue weighted by molar-refractivity contribution is 0.672. The van der Waals surface area contributed by atoms with Crippen molar-refractivity contribution in [3.63, 3.8) is 0 Å². The van der Waals surface area contributed by atoms with Crippen molar-refractivity contribution in [3.8, 4) is 17.9 Å². The molecule has 0 saturated heterocycles. The van der Waals surface area contributed by atoms with Gasteiger partial charge in [-0.1, -0.05) is 5.92 Å². The fourth-order valence-electron chi connectivity index (χ4n) is 0.759. The minimum atomic E-state index is 0.0312. The maximum Gasteiger partial charge on any atom is 0.107 e. The molecular formula is C7H7N. The van der Waals surface area contributed by atoms with E-state index < -0.39 is 0 Å². The van der Waals surface area contributed by atoms with E-state index in [4.69, 9.17) is 5.26 Å². The van der Waals surface area contributed by atoms with E-state index in [2.05, 4.69) is 17.9 Å². The summed E-state index contributed by atoms with van der Waals surface area (Å²) in [5, 5.41) is 8.34. The van der Waals surface area contributed by atoms with Gasteiger partial charge in [0.05, 0.1) is 6.07 Å². The topological polar surface area (TPSA) is 23.8 Å². The monoisotopic (exact) mass is 105 g/mol. The first-order valence-electron chi connectivity index (χ1n) is 2.81. The lowest BCUT2D eigenvalue weighted by Gasteiger charge is -2.01. The first-order valence-corrected chi connectivity index (χ1v) is 2.81. The first kappa shape index (κ1) is 5.19. The van der Waals surface area contributed by atoms with Crippen LogP contribution in [0.25, 0.3) is 0 Å². The molecule has 0 fully saturated rings. The zero-order valence-electron chi connectivity index (χ0n) is 4.65. The van der Waals surface area contributed by atoms with Gasteiger partial charge in [0.2, 0.25) is 0 Å². The van der Waals surface area contributed by atoms with E-state index in [0.717, 1.165) is 19.3 Å². The van der Waals surface area contributed by atoms with Gasteiger partial charge in [0.15, 0.2) is 0 Å². The molecule has 1 atom stereocenters. The Labute approximate surface area is 49.3 Å². The molecule has 1 rings (SSSR count). The van der Waals surface area contributed by atoms with Crippen molar-refractivity contribution in [1.82, 2.24) is 0 Å². The molecule has 0 aliphatic heterocycles. The average Bonchev–Trinajstić information content (AvgIpc) is 1.90. The molecule has 1 aliphatic rings. The van der Waals surface area contributed by atoms with E-state index in [1.54, 1.807) is 0 Å². The smallest absolute Gasteiger partial charge is 0.107 e. The Balaban J connectivity index is 2.55. The van der Waals surface area contributed by atoms with Gasteiger partial charge < -0.3 is 0 Å². The van der Waals surface area contributed by atoms with Crippen molar-refractivity contribution < 1.29 is 0 Å². The highest BCUT2D eigenvalue weighted by Crippen LogP contribution is 2.09. The number of hydrogen-bond acceptors (Lipinski definition) is 1. The molecule has 0 aromatic heterocycles. The summed E-state index contributed by atoms with van der Waals surface area (Å²) in [6.45, 7) is 0. The molecule has 8 heavy (non-hydrogen) atoms. The highest BCUT2D eigenvalue weighted by molar-refractivity contribution is 5.14. The van der Waals surface area contributed by atoms with Crippen LogP contribution in [0.4, 0.5) is 0 Å². The molecule has 1 heteroatoms. The van der Waals surface area contributed by atoms with Crippen molar-refractivity contribution in [1.29, 1.82) is 5.26 Å². The van der Waals surface area contributed by atoms with Crippen LogP contribution in [0.15, 0.2) is 0 Å². The zero-order chi connectivity index (χ0) is 5.82. The summed E-state index contributed by atoms with van der Waals surface area (Å²) in [6, 6.07) is 2.13. The third-order valence-electron chi connectivity index (χ3n) is 1.23. The van der Waals surface area contributed by atoms with Gasteiger partial charge in [0, 0.05) is 6.42 Å². The van der Waals surface area contributed by atoms with Crippen LogP contribution in [-0.4, -0.2) is 0 Å². The molecular weight excluding hydrogens is 98.1 g/mol. The van der Waals surface area contributed by atoms with Crippen molar-refractivity contribution in [3.05, 3.63) is 0 Å². The number of nitriles is 1. The average molecular weight is 105 g/mol. The molecule has 0 bridgehead atoms. The normalized spacial score (nSPS) is 25.1. The SMILES string of the molecule is N#CC1C#CCCC1. The quantitative estimate of drug-likeness (QED) is 0.426. The van der Waals surface area contributed by atoms with E-state index >= 15 is 0 Å². The van der Waals surface area contributed by atoms with Crippen LogP contribution < -0.4 is 0 Å². The second-order valence-corrected chi connectivity index (χ2v) is 1.90. The van der Waals surface area contributed by atoms with Crippen molar-refractivity contribution >= 4 is 0 Å². The first-order chi connectivity index (χ1) is 3.93. The van der Waals surface area contributed by atoms with Gasteiger partial charge in [-0.25, -0.2) is 0 Å². The highest BCUT2D eigenvalue weighted by atomic mass is 14.3. The maximum absolute atomic E-state index is 8.34. The molecule has 40 valence electrons. The third kappa shape index (κ3) is 1.01. The summed E-state index contributed by atoms with van der Waals surface area (Å²) in [5.74, 6) is 5.80. The van der Waals surface area contributed by atoms with Gasteiger partial charge in [-0.15, -0.1) is 5.92 Å². The van der Waals surface area contributed by atoms with Gasteiger partial charge in [0.1, 0.15) is 5.92 Å². The van der Waals surface area contributed by atoms with Crippen LogP contribution in [-0.2, 0) is 0 Å². The van der Waals surface area contributed by atoms with Crippen LogP contribution in [0.5, 0.6) is 0 Å². The van der Waals surface area contributed by atoms with Crippen LogP contribution in [0.2, 0.25) is 0 Å². The zero-order valence-corrected chi connectivity index (χ0v) is 4.65. The number of nitrogens with zero attached hydrogens (tertiary/aromatic N) is 1. The Morgan fingerprint density at radius 1 is 1.62 bits per heavy atom. The summed E-state index contributed by atoms with van der Waals surface area (Å²) < 4.78 is 0. The van der Waals surface area contributed by atoms with E-state index in [-0.39, 0.29) is 5.92 Å². The molecule has 0 saturated carbocycles. The highest BCUT2D eigenvalue weighted by Gasteiger charge is 2.03. The van der Waals surface area contributed by atoms with Crippen LogP contribution in [0.3, 0.4) is 0 Å². The van der Waals surface area contributed by atoms with Gasteiger partial charge in [-0.05, 0) is 12.8 Å². The minimum Gasteiger partial charge on any atom is -0.197 e. The summed E-state index contributed by atoms with van der Waals surface area (Å²) in [4.78, 5) is 0. The summed E-state index contributed by atoms with van der Waals surface area (Å²) in [5.41, 5.74) is 0. The van der Waals surface area contributed by atoms with E-state index in [1.807, 2.05) is 0 Å². The Morgan fingerprint density at radius 2 is 2.50 bits per heavy atom. The minimum absolute atomic E-state index is 0.0312. The number of hydrogen-bond donors (Lipinski definition) is 0. The van der Waals surface area contributed by atoms with E-state index in [0.29, 0.717) is 0 Å². The van der Waals surface area contributed by atoms with Crippen LogP contribution in [0.1, 0.15) is 19.3 Å². The fraction of sp³-hybridized carbons (Fsp3) is 0.571. The lowest BCUT2D eigenvalue weighted by atomic mass is 10.0. The molecule has 0 spiro atoms. The van der Waals surface area contributed by atoms with E-state index in [1.165, 1.54) is 0 Å². The molecule has 0 aromatic carbocycles. The van der Waals surface area contributed by atoms with Gasteiger partial charge in [0.25, 0.3) is 0 Å². The third-order valence-corrected chi connectivity index (χ3v) is 1.23. The van der Waals surface area contributed by atoms with Gasteiger partial charge in [-0.3, -0.25) is 0 Å². The van der Waals surface area contributed by atoms with Crippen LogP contribution >= 0.6 is 0 Å². The Morgan fingerprint density at radius 3 is 2.88 bits per heavy atom. The molecule has 1 aliphatic carbocycles. The van der Waals surface area contributed by atoms with Crippen LogP contribution in [0, 0.1) is 29.1 Å². The number of rotatable bonds is 0. The lowest BCUT2D eigenvalue weighted by Crippen LogP contribution is -1.96. The Hall–Kier alpha value is -0.950. The molecule has 0 heterocycles. The maximum atomic E-state index is 8.34. The predicted octanol–water partition coefficient (Wildman–Crippen LogP) is 1.31. The van der Waals surface area contributed by atoms with Crippen molar-refractivity contribution in [2.75, 3.05) is 0 Å². The van der Waals surface area contributed by atoms with E-state index in [9.17, 15) is 0 Å². The summed E-state index contributed by atoms with van der Waals surface area (Å²) in [6.07, 6.45) is 3.06. The predicted molar refractivity (Wildman–Crippen MR) is 30.7 cm³/mol. The summed E-state index contributed by atoms with van der Waals surface area (Å²) >= 11 is 0. The molecule has 0 radical (unpaired) electrons.